The number of benzene rings is 1. The number of hydrogen-bond donors (Lipinski definition) is 1. The van der Waals surface area contributed by atoms with Gasteiger partial charge in [-0.25, -0.2) is 9.78 Å². The van der Waals surface area contributed by atoms with Crippen molar-refractivity contribution >= 4 is 29.1 Å². The van der Waals surface area contributed by atoms with Crippen molar-refractivity contribution in [3.63, 3.8) is 0 Å². The maximum absolute atomic E-state index is 11.3. The average molecular weight is 275 g/mol. The summed E-state index contributed by atoms with van der Waals surface area (Å²) in [4.78, 5) is 26.0. The highest BCUT2D eigenvalue weighted by atomic mass is 16.5. The summed E-state index contributed by atoms with van der Waals surface area (Å²) in [5.41, 5.74) is 1.80. The van der Waals surface area contributed by atoms with Gasteiger partial charge in [-0.3, -0.25) is 4.79 Å². The van der Waals surface area contributed by atoms with Crippen LogP contribution in [0.1, 0.15) is 18.4 Å². The minimum atomic E-state index is -1.02. The lowest BCUT2D eigenvalue weighted by atomic mass is 10.2. The van der Waals surface area contributed by atoms with Gasteiger partial charge < -0.3 is 14.3 Å². The molecular weight excluding hydrogens is 262 g/mol. The van der Waals surface area contributed by atoms with Crippen molar-refractivity contribution < 1.29 is 23.8 Å². The first-order chi connectivity index (χ1) is 9.58. The molecule has 0 radical (unpaired) electrons. The Balaban J connectivity index is 2.21. The van der Waals surface area contributed by atoms with Crippen LogP contribution in [0.2, 0.25) is 0 Å². The van der Waals surface area contributed by atoms with E-state index in [2.05, 4.69) is 4.98 Å². The summed E-state index contributed by atoms with van der Waals surface area (Å²) in [7, 11) is 0. The van der Waals surface area contributed by atoms with Crippen molar-refractivity contribution in [1.29, 1.82) is 0 Å². The van der Waals surface area contributed by atoms with E-state index >= 15 is 0 Å². The predicted molar refractivity (Wildman–Crippen MR) is 71.0 cm³/mol. The number of hydrogen-bond acceptors (Lipinski definition) is 5. The molecule has 1 heterocycles. The number of esters is 1. The maximum atomic E-state index is 11.3. The highest BCUT2D eigenvalue weighted by Gasteiger charge is 2.11. The number of aromatic nitrogens is 1. The van der Waals surface area contributed by atoms with Crippen LogP contribution in [-0.4, -0.2) is 28.6 Å². The van der Waals surface area contributed by atoms with Crippen LogP contribution in [0, 0.1) is 0 Å². The third kappa shape index (κ3) is 3.44. The molecule has 0 spiro atoms. The van der Waals surface area contributed by atoms with Gasteiger partial charge in [-0.1, -0.05) is 6.07 Å². The number of carboxylic acid groups (broad SMARTS) is 1. The molecule has 0 aliphatic carbocycles. The van der Waals surface area contributed by atoms with Gasteiger partial charge >= 0.3 is 11.9 Å². The van der Waals surface area contributed by atoms with Gasteiger partial charge in [0.25, 0.3) is 0 Å². The molecule has 1 N–H and O–H groups in total. The van der Waals surface area contributed by atoms with Crippen LogP contribution in [0.5, 0.6) is 0 Å². The number of carbonyl (C=O) groups is 2. The fourth-order valence-electron chi connectivity index (χ4n) is 1.67. The highest BCUT2D eigenvalue weighted by Crippen LogP contribution is 2.18. The smallest absolute Gasteiger partial charge is 0.328 e. The molecule has 0 atom stereocenters. The molecule has 0 bridgehead atoms. The summed E-state index contributed by atoms with van der Waals surface area (Å²) in [6.45, 7) is 2.04. The van der Waals surface area contributed by atoms with Crippen LogP contribution in [0.15, 0.2) is 28.7 Å². The van der Waals surface area contributed by atoms with Crippen molar-refractivity contribution in [3.05, 3.63) is 35.7 Å². The SMILES string of the molecule is CCOC(=O)Cc1nc2cc(/C=C/C(=O)O)ccc2o1. The van der Waals surface area contributed by atoms with Crippen LogP contribution in [0.3, 0.4) is 0 Å². The van der Waals surface area contributed by atoms with Crippen molar-refractivity contribution in [3.8, 4) is 0 Å². The number of oxazole rings is 1. The lowest BCUT2D eigenvalue weighted by Crippen LogP contribution is -2.07. The van der Waals surface area contributed by atoms with E-state index in [0.29, 0.717) is 23.3 Å². The zero-order chi connectivity index (χ0) is 14.5. The summed E-state index contributed by atoms with van der Waals surface area (Å²) < 4.78 is 10.2. The van der Waals surface area contributed by atoms with E-state index in [0.717, 1.165) is 6.08 Å². The fraction of sp³-hybridized carbons (Fsp3) is 0.214. The Bertz CT molecular complexity index is 671. The Morgan fingerprint density at radius 2 is 2.25 bits per heavy atom. The Labute approximate surface area is 114 Å². The molecule has 0 aliphatic heterocycles. The molecule has 0 aliphatic rings. The van der Waals surface area contributed by atoms with Gasteiger partial charge in [0.1, 0.15) is 11.9 Å². The van der Waals surface area contributed by atoms with Gasteiger partial charge in [-0.2, -0.15) is 0 Å². The number of nitrogens with zero attached hydrogens (tertiary/aromatic N) is 1. The molecule has 2 aromatic rings. The largest absolute Gasteiger partial charge is 0.478 e. The van der Waals surface area contributed by atoms with Crippen LogP contribution in [0.25, 0.3) is 17.2 Å². The van der Waals surface area contributed by atoms with E-state index in [1.807, 2.05) is 0 Å². The normalized spacial score (nSPS) is 11.1. The zero-order valence-corrected chi connectivity index (χ0v) is 10.8. The summed E-state index contributed by atoms with van der Waals surface area (Å²) >= 11 is 0. The van der Waals surface area contributed by atoms with Crippen LogP contribution >= 0.6 is 0 Å². The first-order valence-corrected chi connectivity index (χ1v) is 6.04. The van der Waals surface area contributed by atoms with Gasteiger partial charge in [-0.05, 0) is 30.7 Å². The second-order valence-electron chi connectivity index (χ2n) is 3.99. The van der Waals surface area contributed by atoms with E-state index in [4.69, 9.17) is 14.3 Å². The van der Waals surface area contributed by atoms with E-state index < -0.39 is 11.9 Å². The molecule has 1 aromatic carbocycles. The van der Waals surface area contributed by atoms with E-state index in [-0.39, 0.29) is 12.3 Å². The molecule has 104 valence electrons. The summed E-state index contributed by atoms with van der Waals surface area (Å²) in [6.07, 6.45) is 2.48. The molecule has 1 aromatic heterocycles. The summed E-state index contributed by atoms with van der Waals surface area (Å²) in [5, 5.41) is 8.57. The van der Waals surface area contributed by atoms with E-state index in [9.17, 15) is 9.59 Å². The Hall–Kier alpha value is -2.63. The van der Waals surface area contributed by atoms with Gasteiger partial charge in [0.2, 0.25) is 5.89 Å². The van der Waals surface area contributed by atoms with Crippen LogP contribution in [0.4, 0.5) is 0 Å². The Morgan fingerprint density at radius 3 is 2.95 bits per heavy atom. The van der Waals surface area contributed by atoms with Crippen molar-refractivity contribution in [2.24, 2.45) is 0 Å². The molecule has 2 rings (SSSR count). The second-order valence-corrected chi connectivity index (χ2v) is 3.99. The summed E-state index contributed by atoms with van der Waals surface area (Å²) in [6, 6.07) is 5.08. The molecule has 0 amide bonds. The van der Waals surface area contributed by atoms with Gasteiger partial charge in [-0.15, -0.1) is 0 Å². The molecule has 20 heavy (non-hydrogen) atoms. The maximum Gasteiger partial charge on any atom is 0.328 e. The van der Waals surface area contributed by atoms with Crippen LogP contribution < -0.4 is 0 Å². The minimum absolute atomic E-state index is 0.0250. The van der Waals surface area contributed by atoms with Gasteiger partial charge in [0.05, 0.1) is 6.61 Å². The fourth-order valence-corrected chi connectivity index (χ4v) is 1.67. The molecular formula is C14H13NO5. The number of carboxylic acids is 1. The van der Waals surface area contributed by atoms with Gasteiger partial charge in [0, 0.05) is 6.08 Å². The van der Waals surface area contributed by atoms with Crippen molar-refractivity contribution in [2.45, 2.75) is 13.3 Å². The highest BCUT2D eigenvalue weighted by molar-refractivity contribution is 5.86. The molecule has 0 unspecified atom stereocenters. The number of fused-ring (bicyclic) bond motifs is 1. The Morgan fingerprint density at radius 1 is 1.45 bits per heavy atom. The van der Waals surface area contributed by atoms with Crippen LogP contribution in [-0.2, 0) is 20.7 Å². The number of ether oxygens (including phenoxy) is 1. The first-order valence-electron chi connectivity index (χ1n) is 6.04. The number of aliphatic carboxylic acids is 1. The number of carbonyl (C=O) groups excluding carboxylic acids is 1. The summed E-state index contributed by atoms with van der Waals surface area (Å²) in [5.74, 6) is -1.14. The third-order valence-corrected chi connectivity index (χ3v) is 2.48. The van der Waals surface area contributed by atoms with E-state index in [1.54, 1.807) is 25.1 Å². The minimum Gasteiger partial charge on any atom is -0.478 e. The first kappa shape index (κ1) is 13.8. The molecule has 0 saturated carbocycles. The average Bonchev–Trinajstić information content (AvgIpc) is 2.77. The molecule has 0 saturated heterocycles. The number of rotatable bonds is 5. The molecule has 6 nitrogen and oxygen atoms in total. The molecule has 6 heteroatoms. The monoisotopic (exact) mass is 275 g/mol. The quantitative estimate of drug-likeness (QED) is 0.663. The van der Waals surface area contributed by atoms with E-state index in [1.165, 1.54) is 6.08 Å². The molecule has 0 fully saturated rings. The second kappa shape index (κ2) is 6.01. The lowest BCUT2D eigenvalue weighted by molar-refractivity contribution is -0.142. The topological polar surface area (TPSA) is 89.6 Å². The lowest BCUT2D eigenvalue weighted by Gasteiger charge is -1.96. The van der Waals surface area contributed by atoms with Crippen molar-refractivity contribution in [2.75, 3.05) is 6.61 Å². The van der Waals surface area contributed by atoms with Crippen molar-refractivity contribution in [1.82, 2.24) is 4.98 Å². The Kier molecular flexibility index (Phi) is 4.14. The predicted octanol–water partition coefficient (Wildman–Crippen LogP) is 2.03. The third-order valence-electron chi connectivity index (χ3n) is 2.48. The zero-order valence-electron chi connectivity index (χ0n) is 10.8. The standard InChI is InChI=1S/C14H13NO5/c1-2-19-14(18)8-12-15-10-7-9(4-6-13(16)17)3-5-11(10)20-12/h3-7H,2,8H2,1H3,(H,16,17)/b6-4+. The van der Waals surface area contributed by atoms with Gasteiger partial charge in [0.15, 0.2) is 5.58 Å².